The van der Waals surface area contributed by atoms with E-state index in [-0.39, 0.29) is 30.9 Å². The van der Waals surface area contributed by atoms with Crippen molar-refractivity contribution in [1.82, 2.24) is 25.4 Å². The lowest BCUT2D eigenvalue weighted by atomic mass is 9.83. The summed E-state index contributed by atoms with van der Waals surface area (Å²) < 4.78 is 5.77. The molecule has 10 heteroatoms. The molecule has 0 radical (unpaired) electrons. The van der Waals surface area contributed by atoms with Crippen LogP contribution in [0.15, 0.2) is 54.2 Å². The van der Waals surface area contributed by atoms with Crippen molar-refractivity contribution in [2.24, 2.45) is 5.92 Å². The lowest BCUT2D eigenvalue weighted by Gasteiger charge is -2.42. The number of nitrogens with one attached hydrogen (secondary N) is 2. The molecule has 2 N–H and O–H groups in total. The maximum atomic E-state index is 14.4. The van der Waals surface area contributed by atoms with E-state index >= 15 is 0 Å². The number of nitrogens with zero attached hydrogens (tertiary/aromatic N) is 3. The molecule has 3 aromatic rings. The Morgan fingerprint density at radius 2 is 1.76 bits per heavy atom. The van der Waals surface area contributed by atoms with Crippen LogP contribution >= 0.6 is 11.3 Å². The quantitative estimate of drug-likeness (QED) is 0.306. The van der Waals surface area contributed by atoms with Crippen LogP contribution in [0.1, 0.15) is 75.5 Å². The third kappa shape index (κ3) is 8.21. The van der Waals surface area contributed by atoms with E-state index in [2.05, 4.69) is 15.6 Å². The summed E-state index contributed by atoms with van der Waals surface area (Å²) in [5.74, 6) is 0.669. The fourth-order valence-electron chi connectivity index (χ4n) is 7.18. The lowest BCUT2D eigenvalue weighted by Crippen LogP contribution is -2.64. The topological polar surface area (TPSA) is 104 Å². The maximum Gasteiger partial charge on any atom is 0.415 e. The van der Waals surface area contributed by atoms with Gasteiger partial charge in [-0.05, 0) is 60.2 Å². The van der Waals surface area contributed by atoms with Gasteiger partial charge in [-0.1, -0.05) is 63.5 Å². The van der Waals surface area contributed by atoms with Crippen LogP contribution in [0.2, 0.25) is 0 Å². The summed E-state index contributed by atoms with van der Waals surface area (Å²) in [6.45, 7) is 1.04. The van der Waals surface area contributed by atoms with Crippen LogP contribution in [0.5, 0.6) is 5.75 Å². The molecule has 6 rings (SSSR count). The highest BCUT2D eigenvalue weighted by atomic mass is 32.1. The predicted molar refractivity (Wildman–Crippen MR) is 176 cm³/mol. The van der Waals surface area contributed by atoms with Gasteiger partial charge in [0.15, 0.2) is 0 Å². The van der Waals surface area contributed by atoms with E-state index in [1.54, 1.807) is 45.7 Å². The van der Waals surface area contributed by atoms with E-state index in [1.165, 1.54) is 38.5 Å². The van der Waals surface area contributed by atoms with Gasteiger partial charge in [-0.15, -0.1) is 11.3 Å². The molecule has 9 nitrogen and oxygen atoms in total. The molecule has 2 atom stereocenters. The van der Waals surface area contributed by atoms with Gasteiger partial charge in [0.25, 0.3) is 0 Å². The first-order chi connectivity index (χ1) is 22.0. The van der Waals surface area contributed by atoms with Crippen LogP contribution in [0.3, 0.4) is 0 Å². The Balaban J connectivity index is 1.18. The highest BCUT2D eigenvalue weighted by molar-refractivity contribution is 7.09. The van der Waals surface area contributed by atoms with Gasteiger partial charge in [0, 0.05) is 41.8 Å². The third-order valence-corrected chi connectivity index (χ3v) is 10.6. The number of carbonyl (C=O) groups is 3. The fraction of sp³-hybridized carbons (Fsp3) is 0.543. The molecule has 45 heavy (non-hydrogen) atoms. The molecular formula is C35H45N5O4S. The summed E-state index contributed by atoms with van der Waals surface area (Å²) in [5, 5.41) is 10.7. The second-order valence-electron chi connectivity index (χ2n) is 12.8. The number of carbonyl (C=O) groups excluding carboxylic acids is 3. The van der Waals surface area contributed by atoms with Gasteiger partial charge >= 0.3 is 6.09 Å². The second kappa shape index (κ2) is 15.2. The zero-order chi connectivity index (χ0) is 31.0. The average Bonchev–Trinajstić information content (AvgIpc) is 3.61. The number of rotatable bonds is 9. The standard InChI is InChI=1S/C35H45N5O4S/c41-33(37-23-30-12-7-19-45-30)32-24-39(35(43)44-29-14-13-26-15-16-36-22-27(26)21-29)17-18-40(32)34(42)31(20-25-8-3-1-4-9-25)38-28-10-5-2-6-11-28/h7,12-16,19,21-22,25,28,31-32,38H,1-6,8-11,17-18,20,23-24H2,(H,37,41)/t31-,32+/m1/s1. The van der Waals surface area contributed by atoms with Crippen molar-refractivity contribution in [2.75, 3.05) is 19.6 Å². The molecule has 1 aliphatic heterocycles. The molecule has 0 spiro atoms. The Bertz CT molecular complexity index is 1420. The number of thiophene rings is 1. The Labute approximate surface area is 269 Å². The number of benzene rings is 1. The van der Waals surface area contributed by atoms with E-state index in [1.807, 2.05) is 29.6 Å². The zero-order valence-corrected chi connectivity index (χ0v) is 26.8. The van der Waals surface area contributed by atoms with E-state index in [0.717, 1.165) is 47.8 Å². The fourth-order valence-corrected chi connectivity index (χ4v) is 7.83. The number of ether oxygens (including phenoxy) is 1. The van der Waals surface area contributed by atoms with Crippen LogP contribution in [-0.2, 0) is 16.1 Å². The van der Waals surface area contributed by atoms with E-state index in [0.29, 0.717) is 30.8 Å². The van der Waals surface area contributed by atoms with Crippen molar-refractivity contribution in [3.63, 3.8) is 0 Å². The minimum absolute atomic E-state index is 0.0162. The minimum atomic E-state index is -0.804. The summed E-state index contributed by atoms with van der Waals surface area (Å²) >= 11 is 1.58. The molecule has 3 amide bonds. The molecule has 0 bridgehead atoms. The Morgan fingerprint density at radius 3 is 2.53 bits per heavy atom. The highest BCUT2D eigenvalue weighted by Crippen LogP contribution is 2.30. The highest BCUT2D eigenvalue weighted by Gasteiger charge is 2.41. The molecule has 1 saturated heterocycles. The van der Waals surface area contributed by atoms with Crippen LogP contribution < -0.4 is 15.4 Å². The van der Waals surface area contributed by atoms with Gasteiger partial charge in [0.2, 0.25) is 11.8 Å². The molecule has 2 saturated carbocycles. The van der Waals surface area contributed by atoms with Gasteiger partial charge in [-0.25, -0.2) is 4.79 Å². The van der Waals surface area contributed by atoms with E-state index in [4.69, 9.17) is 4.74 Å². The van der Waals surface area contributed by atoms with Gasteiger partial charge in [-0.2, -0.15) is 0 Å². The Kier molecular flexibility index (Phi) is 10.6. The number of hydrogen-bond donors (Lipinski definition) is 2. The largest absolute Gasteiger partial charge is 0.415 e. The van der Waals surface area contributed by atoms with Crippen molar-refractivity contribution < 1.29 is 19.1 Å². The maximum absolute atomic E-state index is 14.4. The van der Waals surface area contributed by atoms with E-state index < -0.39 is 12.1 Å². The average molecular weight is 632 g/mol. The third-order valence-electron chi connectivity index (χ3n) is 9.69. The number of amides is 3. The summed E-state index contributed by atoms with van der Waals surface area (Å²) in [6.07, 6.45) is 15.6. The molecular weight excluding hydrogens is 586 g/mol. The van der Waals surface area contributed by atoms with Crippen LogP contribution in [-0.4, -0.2) is 70.5 Å². The van der Waals surface area contributed by atoms with Gasteiger partial charge in [0.1, 0.15) is 11.8 Å². The predicted octanol–water partition coefficient (Wildman–Crippen LogP) is 5.89. The normalized spacial score (nSPS) is 20.6. The SMILES string of the molecule is O=C(NCc1cccs1)[C@@H]1CN(C(=O)Oc2ccc3ccncc3c2)CCN1C(=O)[C@@H](CC1CCCCC1)NC1CCCCC1. The van der Waals surface area contributed by atoms with Gasteiger partial charge < -0.3 is 25.2 Å². The van der Waals surface area contributed by atoms with Crippen molar-refractivity contribution in [2.45, 2.75) is 95.3 Å². The second-order valence-corrected chi connectivity index (χ2v) is 13.9. The molecule has 3 fully saturated rings. The van der Waals surface area contributed by atoms with Crippen molar-refractivity contribution >= 4 is 40.0 Å². The van der Waals surface area contributed by atoms with Crippen molar-refractivity contribution in [3.8, 4) is 5.75 Å². The van der Waals surface area contributed by atoms with Crippen LogP contribution in [0, 0.1) is 5.92 Å². The van der Waals surface area contributed by atoms with Crippen molar-refractivity contribution in [1.29, 1.82) is 0 Å². The zero-order valence-electron chi connectivity index (χ0n) is 26.0. The molecule has 2 aromatic heterocycles. The molecule has 240 valence electrons. The first-order valence-corrected chi connectivity index (χ1v) is 17.6. The first kappa shape index (κ1) is 31.5. The number of piperazine rings is 1. The lowest BCUT2D eigenvalue weighted by molar-refractivity contribution is -0.145. The number of pyridine rings is 1. The van der Waals surface area contributed by atoms with Crippen molar-refractivity contribution in [3.05, 3.63) is 59.0 Å². The smallest absolute Gasteiger partial charge is 0.410 e. The first-order valence-electron chi connectivity index (χ1n) is 16.7. The minimum Gasteiger partial charge on any atom is -0.410 e. The van der Waals surface area contributed by atoms with Crippen LogP contribution in [0.25, 0.3) is 10.8 Å². The monoisotopic (exact) mass is 631 g/mol. The number of fused-ring (bicyclic) bond motifs is 1. The molecule has 3 aliphatic rings. The molecule has 0 unspecified atom stereocenters. The number of hydrogen-bond acceptors (Lipinski definition) is 7. The van der Waals surface area contributed by atoms with E-state index in [9.17, 15) is 14.4 Å². The van der Waals surface area contributed by atoms with Gasteiger partial charge in [-0.3, -0.25) is 14.6 Å². The summed E-state index contributed by atoms with van der Waals surface area (Å²) in [7, 11) is 0. The van der Waals surface area contributed by atoms with Gasteiger partial charge in [0.05, 0.1) is 19.1 Å². The number of aromatic nitrogens is 1. The summed E-state index contributed by atoms with van der Waals surface area (Å²) in [4.78, 5) is 50.1. The Morgan fingerprint density at radius 1 is 0.956 bits per heavy atom. The molecule has 3 heterocycles. The summed E-state index contributed by atoms with van der Waals surface area (Å²) in [6, 6.07) is 10.5. The molecule has 1 aromatic carbocycles. The van der Waals surface area contributed by atoms with Crippen LogP contribution in [0.4, 0.5) is 4.79 Å². The summed E-state index contributed by atoms with van der Waals surface area (Å²) in [5.41, 5.74) is 0. The Hall–Kier alpha value is -3.50. The molecule has 2 aliphatic carbocycles.